The molecule has 4 nitrogen and oxygen atoms in total. The monoisotopic (exact) mass is 911 g/mol. The zero-order valence-electron chi connectivity index (χ0n) is 35.7. The van der Waals surface area contributed by atoms with Crippen molar-refractivity contribution in [1.82, 2.24) is 19.5 Å². The molecule has 0 atom stereocenters. The van der Waals surface area contributed by atoms with Crippen LogP contribution in [-0.4, -0.2) is 27.6 Å². The summed E-state index contributed by atoms with van der Waals surface area (Å²) >= 11 is 1.73. The van der Waals surface area contributed by atoms with Crippen LogP contribution in [0.1, 0.15) is 58.7 Å². The molecule has 0 unspecified atom stereocenters. The van der Waals surface area contributed by atoms with E-state index >= 15 is 0 Å². The SMILES string of the molecule is Cc1cc(C)c(-n2c(-c3[c-]ccc4c3sc3nc(C)ccc34)nc3ccccc32)c(C)c1.[2H]C([2H])([2H])c1c[c-]c(-c2cc(C([2H])(C)C)c([Si](C)(C)C)cn2)cc1.[Ir]. The quantitative estimate of drug-likeness (QED) is 0.128. The van der Waals surface area contributed by atoms with Crippen LogP contribution in [0.5, 0.6) is 0 Å². The van der Waals surface area contributed by atoms with Crippen molar-refractivity contribution in [2.75, 3.05) is 0 Å². The molecule has 1 radical (unpaired) electrons. The van der Waals surface area contributed by atoms with Gasteiger partial charge in [0.1, 0.15) is 4.83 Å². The van der Waals surface area contributed by atoms with Crippen molar-refractivity contribution < 1.29 is 25.6 Å². The normalized spacial score (nSPS) is 13.2. The molecule has 0 saturated heterocycles. The molecule has 0 fully saturated rings. The van der Waals surface area contributed by atoms with Crippen LogP contribution in [0.3, 0.4) is 0 Å². The summed E-state index contributed by atoms with van der Waals surface area (Å²) in [5.41, 5.74) is 11.8. The van der Waals surface area contributed by atoms with Crippen molar-refractivity contribution in [3.63, 3.8) is 0 Å². The third-order valence-corrected chi connectivity index (χ3v) is 12.6. The van der Waals surface area contributed by atoms with Gasteiger partial charge in [-0.05, 0) is 83.9 Å². The van der Waals surface area contributed by atoms with E-state index in [1.54, 1.807) is 23.5 Å². The molecule has 7 heteroatoms. The molecule has 0 bridgehead atoms. The summed E-state index contributed by atoms with van der Waals surface area (Å²) in [6.45, 7) is 16.9. The number of aromatic nitrogens is 4. The number of hydrogen-bond donors (Lipinski definition) is 0. The van der Waals surface area contributed by atoms with Crippen LogP contribution < -0.4 is 5.19 Å². The van der Waals surface area contributed by atoms with Gasteiger partial charge >= 0.3 is 0 Å². The number of pyridine rings is 2. The van der Waals surface area contributed by atoms with E-state index in [1.807, 2.05) is 39.1 Å². The number of imidazole rings is 1. The average molecular weight is 911 g/mol. The summed E-state index contributed by atoms with van der Waals surface area (Å²) in [5.74, 6) is 0.210. The van der Waals surface area contributed by atoms with Crippen LogP contribution in [0.15, 0.2) is 91.1 Å². The van der Waals surface area contributed by atoms with Gasteiger partial charge in [0.2, 0.25) is 0 Å². The molecule has 0 spiro atoms. The first-order valence-electron chi connectivity index (χ1n) is 19.6. The Balaban J connectivity index is 0.000000198. The van der Waals surface area contributed by atoms with E-state index in [9.17, 15) is 0 Å². The maximum absolute atomic E-state index is 8.48. The van der Waals surface area contributed by atoms with E-state index in [4.69, 9.17) is 15.5 Å². The summed E-state index contributed by atoms with van der Waals surface area (Å²) in [7, 11) is -1.61. The van der Waals surface area contributed by atoms with Gasteiger partial charge in [-0.3, -0.25) is 4.98 Å². The van der Waals surface area contributed by atoms with Crippen molar-refractivity contribution in [3.8, 4) is 28.3 Å². The van der Waals surface area contributed by atoms with Crippen molar-refractivity contribution in [1.29, 1.82) is 0 Å². The van der Waals surface area contributed by atoms with E-state index in [0.29, 0.717) is 0 Å². The second kappa shape index (κ2) is 15.2. The molecule has 0 amide bonds. The molecule has 8 rings (SSSR count). The van der Waals surface area contributed by atoms with Gasteiger partial charge in [0, 0.05) is 43.2 Å². The molecule has 0 aliphatic heterocycles. The summed E-state index contributed by atoms with van der Waals surface area (Å²) in [4.78, 5) is 15.5. The number of aryl methyl sites for hydroxylation is 5. The fourth-order valence-electron chi connectivity index (χ4n) is 7.02. The summed E-state index contributed by atoms with van der Waals surface area (Å²) in [5, 5.41) is 3.59. The number of hydrogen-bond acceptors (Lipinski definition) is 4. The Bertz CT molecular complexity index is 2740. The molecule has 0 saturated carbocycles. The second-order valence-electron chi connectivity index (χ2n) is 14.9. The van der Waals surface area contributed by atoms with Gasteiger partial charge in [-0.15, -0.1) is 53.6 Å². The van der Waals surface area contributed by atoms with Gasteiger partial charge in [-0.1, -0.05) is 98.8 Å². The predicted molar refractivity (Wildman–Crippen MR) is 225 cm³/mol. The largest absolute Gasteiger partial charge is 0.333 e. The van der Waals surface area contributed by atoms with E-state index < -0.39 is 20.8 Å². The maximum Gasteiger partial charge on any atom is 0.113 e. The fraction of sp³-hybridized carbons (Fsp3) is 0.239. The van der Waals surface area contributed by atoms with E-state index in [1.165, 1.54) is 49.1 Å². The third kappa shape index (κ3) is 7.59. The van der Waals surface area contributed by atoms with Crippen molar-refractivity contribution in [2.45, 2.75) is 73.9 Å². The summed E-state index contributed by atoms with van der Waals surface area (Å²) < 4.78 is 34.3. The Morgan fingerprint density at radius 3 is 2.28 bits per heavy atom. The zero-order chi connectivity index (χ0) is 40.3. The Morgan fingerprint density at radius 2 is 1.60 bits per heavy atom. The average Bonchev–Trinajstić information content (AvgIpc) is 3.68. The van der Waals surface area contributed by atoms with E-state index in [0.717, 1.165) is 49.8 Å². The number of para-hydroxylation sites is 2. The molecule has 4 heterocycles. The van der Waals surface area contributed by atoms with Crippen LogP contribution in [0.4, 0.5) is 0 Å². The number of benzene rings is 4. The Hall–Kier alpha value is -4.26. The number of nitrogens with zero attached hydrogens (tertiary/aromatic N) is 4. The van der Waals surface area contributed by atoms with Gasteiger partial charge in [-0.2, -0.15) is 11.3 Å². The van der Waals surface area contributed by atoms with Crippen LogP contribution in [0, 0.1) is 46.7 Å². The van der Waals surface area contributed by atoms with Gasteiger partial charge in [0.25, 0.3) is 0 Å². The summed E-state index contributed by atoms with van der Waals surface area (Å²) in [6.07, 6.45) is 1.89. The first-order valence-corrected chi connectivity index (χ1v) is 21.9. The first kappa shape index (κ1) is 33.3. The first-order chi connectivity index (χ1) is 26.3. The van der Waals surface area contributed by atoms with Crippen LogP contribution >= 0.6 is 11.3 Å². The van der Waals surface area contributed by atoms with E-state index in [-0.39, 0.29) is 25.7 Å². The Morgan fingerprint density at radius 1 is 0.849 bits per heavy atom. The summed E-state index contributed by atoms with van der Waals surface area (Å²) in [6, 6.07) is 34.6. The Labute approximate surface area is 338 Å². The van der Waals surface area contributed by atoms with Crippen LogP contribution in [0.25, 0.3) is 59.7 Å². The molecule has 4 aromatic heterocycles. The number of fused-ring (bicyclic) bond motifs is 4. The van der Waals surface area contributed by atoms with Gasteiger partial charge in [-0.25, -0.2) is 4.98 Å². The smallest absolute Gasteiger partial charge is 0.113 e. The van der Waals surface area contributed by atoms with Gasteiger partial charge in [0.15, 0.2) is 0 Å². The second-order valence-corrected chi connectivity index (χ2v) is 20.9. The Kier molecular flexibility index (Phi) is 9.58. The standard InChI is InChI=1S/C28H22N3S.C18H24NSi.Ir/c1-16-14-17(2)25(18(3)15-16)31-24-11-6-5-10-23(24)30-27(31)22-9-7-8-20-21-13-12-19(4)29-28(21)32-26(20)22;1-13(2)16-11-17(15-9-7-14(3)8-10-15)19-12-18(16)20(4,5)6;/h5-8,10-15H,1-4H3;7-9,11-13H,1-6H3;/q2*-1;/i;3D3,13D;. The number of thiophene rings is 1. The number of rotatable bonds is 5. The molecule has 4 aromatic carbocycles. The molecular weight excluding hydrogens is 861 g/mol. The predicted octanol–water partition coefficient (Wildman–Crippen LogP) is 12.0. The fourth-order valence-corrected chi connectivity index (χ4v) is 9.82. The minimum Gasteiger partial charge on any atom is -0.333 e. The minimum atomic E-state index is -2.13. The van der Waals surface area contributed by atoms with E-state index in [2.05, 4.69) is 117 Å². The molecule has 8 aromatic rings. The van der Waals surface area contributed by atoms with Crippen molar-refractivity contribution in [3.05, 3.63) is 137 Å². The molecule has 0 aliphatic rings. The molecular formula is C46H46IrN4SSi-2. The third-order valence-electron chi connectivity index (χ3n) is 9.42. The molecule has 0 aliphatic carbocycles. The minimum absolute atomic E-state index is 0. The zero-order valence-corrected chi connectivity index (χ0v) is 35.9. The molecule has 271 valence electrons. The van der Waals surface area contributed by atoms with Gasteiger partial charge < -0.3 is 9.55 Å². The topological polar surface area (TPSA) is 43.6 Å². The van der Waals surface area contributed by atoms with Gasteiger partial charge in [0.05, 0.1) is 24.9 Å². The van der Waals surface area contributed by atoms with Crippen LogP contribution in [-0.2, 0) is 20.1 Å². The maximum atomic E-state index is 8.48. The molecule has 53 heavy (non-hydrogen) atoms. The van der Waals surface area contributed by atoms with Crippen molar-refractivity contribution in [2.24, 2.45) is 0 Å². The van der Waals surface area contributed by atoms with Crippen LogP contribution in [0.2, 0.25) is 19.6 Å². The van der Waals surface area contributed by atoms with Crippen molar-refractivity contribution >= 4 is 55.9 Å². The molecule has 0 N–H and O–H groups in total.